The summed E-state index contributed by atoms with van der Waals surface area (Å²) in [5.41, 5.74) is 2.34. The quantitative estimate of drug-likeness (QED) is 0.482. The maximum Gasteiger partial charge on any atom is -0.00588 e. The Kier molecular flexibility index (Phi) is 4.64. The molecule has 0 saturated heterocycles. The van der Waals surface area contributed by atoms with E-state index in [0.29, 0.717) is 10.8 Å². The van der Waals surface area contributed by atoms with Crippen molar-refractivity contribution in [2.75, 3.05) is 0 Å². The van der Waals surface area contributed by atoms with Crippen LogP contribution in [0.1, 0.15) is 71.6 Å². The third-order valence-corrected chi connectivity index (χ3v) is 8.20. The van der Waals surface area contributed by atoms with Gasteiger partial charge < -0.3 is 0 Å². The Morgan fingerprint density at radius 3 is 2.57 bits per heavy atom. The van der Waals surface area contributed by atoms with Crippen LogP contribution in [0.3, 0.4) is 0 Å². The highest BCUT2D eigenvalue weighted by Crippen LogP contribution is 2.66. The SMILES string of the molecule is C=CCC1CCC2C3CCC(=C)C3(C)CCC2C1(C=C)CCC. The standard InChI is InChI=1S/C23H36/c1-6-9-18-11-12-19-20-13-10-17(4)22(20,5)16-14-21(19)23(18,8-3)15-7-2/h6,8,18-21H,1,3-4,7,9-16H2,2,5H3. The van der Waals surface area contributed by atoms with E-state index in [1.807, 2.05) is 0 Å². The summed E-state index contributed by atoms with van der Waals surface area (Å²) in [6.45, 7) is 17.7. The first-order valence-corrected chi connectivity index (χ1v) is 9.96. The third kappa shape index (κ3) is 2.39. The van der Waals surface area contributed by atoms with Gasteiger partial charge in [0.15, 0.2) is 0 Å². The number of hydrogen-bond donors (Lipinski definition) is 0. The zero-order chi connectivity index (χ0) is 16.7. The molecule has 3 saturated carbocycles. The molecule has 0 radical (unpaired) electrons. The molecule has 0 aromatic rings. The van der Waals surface area contributed by atoms with Gasteiger partial charge in [-0.25, -0.2) is 0 Å². The molecule has 0 nitrogen and oxygen atoms in total. The average molecular weight is 313 g/mol. The van der Waals surface area contributed by atoms with Crippen molar-refractivity contribution < 1.29 is 0 Å². The Morgan fingerprint density at radius 1 is 1.13 bits per heavy atom. The smallest absolute Gasteiger partial charge is 0.00588 e. The van der Waals surface area contributed by atoms with Gasteiger partial charge in [0.25, 0.3) is 0 Å². The molecule has 3 aliphatic rings. The van der Waals surface area contributed by atoms with Crippen LogP contribution in [-0.2, 0) is 0 Å². The highest BCUT2D eigenvalue weighted by Gasteiger charge is 2.57. The zero-order valence-electron chi connectivity index (χ0n) is 15.4. The third-order valence-electron chi connectivity index (χ3n) is 8.20. The molecule has 0 aromatic heterocycles. The minimum Gasteiger partial charge on any atom is -0.103 e. The molecule has 0 amide bonds. The second kappa shape index (κ2) is 6.26. The highest BCUT2D eigenvalue weighted by atomic mass is 14.6. The van der Waals surface area contributed by atoms with Gasteiger partial charge in [0, 0.05) is 0 Å². The van der Waals surface area contributed by atoms with E-state index in [1.165, 1.54) is 57.8 Å². The van der Waals surface area contributed by atoms with Crippen molar-refractivity contribution in [3.63, 3.8) is 0 Å². The van der Waals surface area contributed by atoms with Crippen LogP contribution in [0.2, 0.25) is 0 Å². The summed E-state index contributed by atoms with van der Waals surface area (Å²) in [6, 6.07) is 0. The summed E-state index contributed by atoms with van der Waals surface area (Å²) >= 11 is 0. The topological polar surface area (TPSA) is 0 Å². The van der Waals surface area contributed by atoms with Crippen LogP contribution in [-0.4, -0.2) is 0 Å². The van der Waals surface area contributed by atoms with Gasteiger partial charge in [-0.05, 0) is 85.9 Å². The lowest BCUT2D eigenvalue weighted by atomic mass is 9.46. The van der Waals surface area contributed by atoms with Crippen LogP contribution in [0, 0.1) is 34.5 Å². The van der Waals surface area contributed by atoms with Crippen molar-refractivity contribution >= 4 is 0 Å². The van der Waals surface area contributed by atoms with Gasteiger partial charge in [-0.1, -0.05) is 44.6 Å². The average Bonchev–Trinajstić information content (AvgIpc) is 2.85. The van der Waals surface area contributed by atoms with Crippen LogP contribution >= 0.6 is 0 Å². The predicted molar refractivity (Wildman–Crippen MR) is 101 cm³/mol. The second-order valence-corrected chi connectivity index (χ2v) is 8.84. The second-order valence-electron chi connectivity index (χ2n) is 8.84. The van der Waals surface area contributed by atoms with E-state index in [9.17, 15) is 0 Å². The fourth-order valence-electron chi connectivity index (χ4n) is 7.01. The van der Waals surface area contributed by atoms with Gasteiger partial charge in [0.1, 0.15) is 0 Å². The van der Waals surface area contributed by atoms with Crippen LogP contribution < -0.4 is 0 Å². The van der Waals surface area contributed by atoms with E-state index < -0.39 is 0 Å². The molecule has 0 aromatic carbocycles. The molecule has 3 aliphatic carbocycles. The van der Waals surface area contributed by atoms with Crippen molar-refractivity contribution in [3.8, 4) is 0 Å². The lowest BCUT2D eigenvalue weighted by molar-refractivity contribution is -0.0673. The first-order chi connectivity index (χ1) is 11.0. The monoisotopic (exact) mass is 312 g/mol. The van der Waals surface area contributed by atoms with Gasteiger partial charge >= 0.3 is 0 Å². The maximum absolute atomic E-state index is 4.45. The first-order valence-electron chi connectivity index (χ1n) is 9.96. The Labute approximate surface area is 144 Å². The van der Waals surface area contributed by atoms with Crippen molar-refractivity contribution in [3.05, 3.63) is 37.5 Å². The molecule has 0 heterocycles. The van der Waals surface area contributed by atoms with Gasteiger partial charge in [0.2, 0.25) is 0 Å². The van der Waals surface area contributed by atoms with Crippen molar-refractivity contribution in [2.45, 2.75) is 71.6 Å². The zero-order valence-corrected chi connectivity index (χ0v) is 15.4. The molecule has 0 N–H and O–H groups in total. The van der Waals surface area contributed by atoms with E-state index >= 15 is 0 Å². The van der Waals surface area contributed by atoms with Gasteiger partial charge in [0.05, 0.1) is 0 Å². The van der Waals surface area contributed by atoms with Crippen LogP contribution in [0.15, 0.2) is 37.5 Å². The summed E-state index contributed by atoms with van der Waals surface area (Å²) in [6.07, 6.45) is 16.5. The van der Waals surface area contributed by atoms with E-state index in [-0.39, 0.29) is 0 Å². The molecular formula is C23H36. The lowest BCUT2D eigenvalue weighted by Gasteiger charge is -2.59. The molecule has 3 fully saturated rings. The number of allylic oxidation sites excluding steroid dienone is 3. The summed E-state index contributed by atoms with van der Waals surface area (Å²) in [4.78, 5) is 0. The highest BCUT2D eigenvalue weighted by molar-refractivity contribution is 5.22. The summed E-state index contributed by atoms with van der Waals surface area (Å²) in [5.74, 6) is 3.41. The molecule has 6 atom stereocenters. The Balaban J connectivity index is 1.95. The van der Waals surface area contributed by atoms with Crippen LogP contribution in [0.5, 0.6) is 0 Å². The number of hydrogen-bond acceptors (Lipinski definition) is 0. The molecule has 0 heteroatoms. The van der Waals surface area contributed by atoms with E-state index in [1.54, 1.807) is 5.57 Å². The fraction of sp³-hybridized carbons (Fsp3) is 0.739. The van der Waals surface area contributed by atoms with E-state index in [4.69, 9.17) is 0 Å². The molecule has 128 valence electrons. The van der Waals surface area contributed by atoms with Gasteiger partial charge in [-0.15, -0.1) is 13.2 Å². The van der Waals surface area contributed by atoms with E-state index in [2.05, 4.69) is 45.7 Å². The summed E-state index contributed by atoms with van der Waals surface area (Å²) in [7, 11) is 0. The van der Waals surface area contributed by atoms with Gasteiger partial charge in [-0.3, -0.25) is 0 Å². The van der Waals surface area contributed by atoms with E-state index in [0.717, 1.165) is 23.7 Å². The Hall–Kier alpha value is -0.780. The Morgan fingerprint density at radius 2 is 1.91 bits per heavy atom. The summed E-state index contributed by atoms with van der Waals surface area (Å²) in [5, 5.41) is 0. The fourth-order valence-corrected chi connectivity index (χ4v) is 7.01. The van der Waals surface area contributed by atoms with Crippen molar-refractivity contribution in [1.29, 1.82) is 0 Å². The molecule has 0 aliphatic heterocycles. The van der Waals surface area contributed by atoms with Gasteiger partial charge in [-0.2, -0.15) is 0 Å². The lowest BCUT2D eigenvalue weighted by Crippen LogP contribution is -2.51. The molecule has 0 bridgehead atoms. The molecule has 23 heavy (non-hydrogen) atoms. The predicted octanol–water partition coefficient (Wildman–Crippen LogP) is 6.94. The van der Waals surface area contributed by atoms with Crippen LogP contribution in [0.25, 0.3) is 0 Å². The number of fused-ring (bicyclic) bond motifs is 3. The molecular weight excluding hydrogens is 276 g/mol. The van der Waals surface area contributed by atoms with Crippen molar-refractivity contribution in [2.24, 2.45) is 34.5 Å². The Bertz CT molecular complexity index is 486. The maximum atomic E-state index is 4.45. The van der Waals surface area contributed by atoms with Crippen LogP contribution in [0.4, 0.5) is 0 Å². The first kappa shape index (κ1) is 17.1. The minimum absolute atomic E-state index is 0.358. The van der Waals surface area contributed by atoms with Crippen molar-refractivity contribution in [1.82, 2.24) is 0 Å². The molecule has 0 spiro atoms. The largest absolute Gasteiger partial charge is 0.103 e. The number of rotatable bonds is 5. The molecule has 6 unspecified atom stereocenters. The summed E-state index contributed by atoms with van der Waals surface area (Å²) < 4.78 is 0. The normalized spacial score (nSPS) is 46.1. The molecule has 3 rings (SSSR count). The minimum atomic E-state index is 0.358.